The molecule has 1 aromatic heterocycles. The fourth-order valence-corrected chi connectivity index (χ4v) is 1.65. The number of hydrogen-bond donors (Lipinski definition) is 1. The lowest BCUT2D eigenvalue weighted by Crippen LogP contribution is -1.92. The summed E-state index contributed by atoms with van der Waals surface area (Å²) in [6.45, 7) is 0.996. The normalized spacial score (nSPS) is 13.1. The average Bonchev–Trinajstić information content (AvgIpc) is 2.50. The van der Waals surface area contributed by atoms with Crippen LogP contribution in [-0.2, 0) is 12.3 Å². The Morgan fingerprint density at radius 2 is 2.42 bits per heavy atom. The van der Waals surface area contributed by atoms with Crippen LogP contribution in [-0.4, -0.2) is 11.5 Å². The Balaban J connectivity index is 0.000000720. The zero-order valence-electron chi connectivity index (χ0n) is 6.51. The number of nitrogens with one attached hydrogen (secondary N) is 1. The molecule has 0 radical (unpaired) electrons. The zero-order valence-corrected chi connectivity index (χ0v) is 8.08. The second-order valence-corrected chi connectivity index (χ2v) is 2.87. The quantitative estimate of drug-likeness (QED) is 0.711. The van der Waals surface area contributed by atoms with Crippen molar-refractivity contribution in [3.63, 3.8) is 0 Å². The number of fused-ring (bicyclic) bond motifs is 1. The number of alkyl halides is 1. The van der Waals surface area contributed by atoms with Crippen molar-refractivity contribution < 1.29 is 0 Å². The van der Waals surface area contributed by atoms with Crippen molar-refractivity contribution in [1.82, 2.24) is 4.98 Å². The number of aromatic nitrogens is 1. The van der Waals surface area contributed by atoms with Gasteiger partial charge in [0.1, 0.15) is 5.82 Å². The van der Waals surface area contributed by atoms with Crippen LogP contribution < -0.4 is 5.32 Å². The molecule has 1 aliphatic heterocycles. The van der Waals surface area contributed by atoms with Gasteiger partial charge in [0.05, 0.1) is 0 Å². The van der Waals surface area contributed by atoms with Crippen LogP contribution in [0, 0.1) is 0 Å². The minimum absolute atomic E-state index is 0. The van der Waals surface area contributed by atoms with E-state index in [1.54, 1.807) is 6.20 Å². The molecule has 0 aliphatic carbocycles. The standard InChI is InChI=1S/C8H9ClN2.ClH/c9-5-6-1-3-10-8-7(6)2-4-11-8;/h1,3H,2,4-5H2,(H,10,11);1H. The topological polar surface area (TPSA) is 24.9 Å². The summed E-state index contributed by atoms with van der Waals surface area (Å²) in [7, 11) is 0. The van der Waals surface area contributed by atoms with E-state index in [2.05, 4.69) is 10.3 Å². The summed E-state index contributed by atoms with van der Waals surface area (Å²) in [6, 6.07) is 1.98. The van der Waals surface area contributed by atoms with Crippen LogP contribution in [0.1, 0.15) is 11.1 Å². The molecule has 0 unspecified atom stereocenters. The lowest BCUT2D eigenvalue weighted by molar-refractivity contribution is 1.09. The van der Waals surface area contributed by atoms with E-state index in [0.29, 0.717) is 5.88 Å². The molecule has 0 fully saturated rings. The van der Waals surface area contributed by atoms with E-state index in [1.807, 2.05) is 6.07 Å². The number of nitrogens with zero attached hydrogens (tertiary/aromatic N) is 1. The molecule has 0 aromatic carbocycles. The maximum atomic E-state index is 5.76. The minimum atomic E-state index is 0. The fourth-order valence-electron chi connectivity index (χ4n) is 1.39. The third-order valence-corrected chi connectivity index (χ3v) is 2.25. The summed E-state index contributed by atoms with van der Waals surface area (Å²) < 4.78 is 0. The van der Waals surface area contributed by atoms with Gasteiger partial charge >= 0.3 is 0 Å². The molecular weight excluding hydrogens is 195 g/mol. The van der Waals surface area contributed by atoms with E-state index < -0.39 is 0 Å². The molecule has 0 amide bonds. The molecule has 2 heterocycles. The van der Waals surface area contributed by atoms with Crippen molar-refractivity contribution in [2.24, 2.45) is 0 Å². The first-order valence-electron chi connectivity index (χ1n) is 3.68. The molecule has 0 bridgehead atoms. The second kappa shape index (κ2) is 3.97. The summed E-state index contributed by atoms with van der Waals surface area (Å²) in [5.41, 5.74) is 2.50. The Bertz CT molecular complexity index is 276. The van der Waals surface area contributed by atoms with Gasteiger partial charge in [-0.15, -0.1) is 24.0 Å². The Morgan fingerprint density at radius 1 is 1.58 bits per heavy atom. The van der Waals surface area contributed by atoms with Crippen LogP contribution in [0.2, 0.25) is 0 Å². The average molecular weight is 205 g/mol. The van der Waals surface area contributed by atoms with Gasteiger partial charge in [-0.2, -0.15) is 0 Å². The molecule has 0 atom stereocenters. The molecule has 12 heavy (non-hydrogen) atoms. The van der Waals surface area contributed by atoms with Crippen molar-refractivity contribution in [1.29, 1.82) is 0 Å². The molecule has 2 rings (SSSR count). The maximum absolute atomic E-state index is 5.76. The van der Waals surface area contributed by atoms with Crippen LogP contribution in [0.15, 0.2) is 12.3 Å². The van der Waals surface area contributed by atoms with Crippen molar-refractivity contribution in [3.05, 3.63) is 23.4 Å². The van der Waals surface area contributed by atoms with Crippen LogP contribution in [0.3, 0.4) is 0 Å². The summed E-state index contributed by atoms with van der Waals surface area (Å²) in [5, 5.41) is 3.21. The van der Waals surface area contributed by atoms with Gasteiger partial charge in [0.25, 0.3) is 0 Å². The van der Waals surface area contributed by atoms with E-state index >= 15 is 0 Å². The Labute approximate surface area is 82.7 Å². The van der Waals surface area contributed by atoms with Gasteiger partial charge < -0.3 is 5.32 Å². The molecular formula is C8H10Cl2N2. The van der Waals surface area contributed by atoms with Crippen molar-refractivity contribution >= 4 is 29.8 Å². The van der Waals surface area contributed by atoms with Crippen LogP contribution in [0.5, 0.6) is 0 Å². The highest BCUT2D eigenvalue weighted by atomic mass is 35.5. The SMILES string of the molecule is Cl.ClCc1ccnc2c1CCN2. The molecule has 66 valence electrons. The number of hydrogen-bond acceptors (Lipinski definition) is 2. The number of rotatable bonds is 1. The summed E-state index contributed by atoms with van der Waals surface area (Å²) in [4.78, 5) is 4.20. The molecule has 0 spiro atoms. The predicted molar refractivity (Wildman–Crippen MR) is 53.2 cm³/mol. The molecule has 0 saturated carbocycles. The van der Waals surface area contributed by atoms with Crippen molar-refractivity contribution in [3.8, 4) is 0 Å². The highest BCUT2D eigenvalue weighted by Crippen LogP contribution is 2.23. The lowest BCUT2D eigenvalue weighted by Gasteiger charge is -2.01. The molecule has 1 N–H and O–H groups in total. The first kappa shape index (κ1) is 9.62. The van der Waals surface area contributed by atoms with Gasteiger partial charge in [0.15, 0.2) is 0 Å². The third-order valence-electron chi connectivity index (χ3n) is 1.96. The fraction of sp³-hybridized carbons (Fsp3) is 0.375. The molecule has 1 aromatic rings. The van der Waals surface area contributed by atoms with Crippen LogP contribution in [0.4, 0.5) is 5.82 Å². The van der Waals surface area contributed by atoms with Crippen molar-refractivity contribution in [2.75, 3.05) is 11.9 Å². The van der Waals surface area contributed by atoms with E-state index in [4.69, 9.17) is 11.6 Å². The van der Waals surface area contributed by atoms with Gasteiger partial charge in [-0.05, 0) is 18.1 Å². The molecule has 1 aliphatic rings. The highest BCUT2D eigenvalue weighted by molar-refractivity contribution is 6.17. The lowest BCUT2D eigenvalue weighted by atomic mass is 10.1. The number of halogens is 2. The molecule has 2 nitrogen and oxygen atoms in total. The van der Waals surface area contributed by atoms with Crippen molar-refractivity contribution in [2.45, 2.75) is 12.3 Å². The second-order valence-electron chi connectivity index (χ2n) is 2.61. The van der Waals surface area contributed by atoms with Gasteiger partial charge in [0, 0.05) is 24.2 Å². The first-order chi connectivity index (χ1) is 5.42. The highest BCUT2D eigenvalue weighted by Gasteiger charge is 2.13. The van der Waals surface area contributed by atoms with E-state index in [-0.39, 0.29) is 12.4 Å². The monoisotopic (exact) mass is 204 g/mol. The maximum Gasteiger partial charge on any atom is 0.129 e. The van der Waals surface area contributed by atoms with E-state index in [1.165, 1.54) is 11.1 Å². The third kappa shape index (κ3) is 1.50. The Morgan fingerprint density at radius 3 is 3.17 bits per heavy atom. The zero-order chi connectivity index (χ0) is 7.68. The van der Waals surface area contributed by atoms with Gasteiger partial charge in [-0.25, -0.2) is 4.98 Å². The first-order valence-corrected chi connectivity index (χ1v) is 4.22. The van der Waals surface area contributed by atoms with Gasteiger partial charge in [0.2, 0.25) is 0 Å². The molecule has 0 saturated heterocycles. The number of anilines is 1. The van der Waals surface area contributed by atoms with E-state index in [9.17, 15) is 0 Å². The minimum Gasteiger partial charge on any atom is -0.370 e. The van der Waals surface area contributed by atoms with Gasteiger partial charge in [-0.3, -0.25) is 0 Å². The summed E-state index contributed by atoms with van der Waals surface area (Å²) in [6.07, 6.45) is 2.86. The predicted octanol–water partition coefficient (Wildman–Crippen LogP) is 2.21. The smallest absolute Gasteiger partial charge is 0.129 e. The molecule has 4 heteroatoms. The summed E-state index contributed by atoms with van der Waals surface area (Å²) in [5.74, 6) is 1.61. The Kier molecular flexibility index (Phi) is 3.18. The van der Waals surface area contributed by atoms with Gasteiger partial charge in [-0.1, -0.05) is 0 Å². The summed E-state index contributed by atoms with van der Waals surface area (Å²) >= 11 is 5.76. The van der Waals surface area contributed by atoms with Crippen LogP contribution in [0.25, 0.3) is 0 Å². The van der Waals surface area contributed by atoms with E-state index in [0.717, 1.165) is 18.8 Å². The Hall–Kier alpha value is -0.470. The van der Waals surface area contributed by atoms with Crippen LogP contribution >= 0.6 is 24.0 Å². The number of pyridine rings is 1. The largest absolute Gasteiger partial charge is 0.370 e.